The molecule has 0 spiro atoms. The Bertz CT molecular complexity index is 869. The molecule has 0 saturated heterocycles. The van der Waals surface area contributed by atoms with Gasteiger partial charge in [0.15, 0.2) is 0 Å². The van der Waals surface area contributed by atoms with E-state index in [-0.39, 0.29) is 17.0 Å². The topological polar surface area (TPSA) is 63.5 Å². The Morgan fingerprint density at radius 1 is 1.41 bits per heavy atom. The second-order valence-electron chi connectivity index (χ2n) is 4.99. The van der Waals surface area contributed by atoms with Gasteiger partial charge in [0.1, 0.15) is 11.2 Å². The van der Waals surface area contributed by atoms with E-state index in [2.05, 4.69) is 10.3 Å². The fraction of sp³-hybridized carbons (Fsp3) is 0.188. The fourth-order valence-corrected chi connectivity index (χ4v) is 2.89. The first-order valence-corrected chi connectivity index (χ1v) is 7.82. The van der Waals surface area contributed by atoms with Gasteiger partial charge in [0.2, 0.25) is 0 Å². The van der Waals surface area contributed by atoms with Gasteiger partial charge in [0.25, 0.3) is 11.5 Å². The highest BCUT2D eigenvalue weighted by molar-refractivity contribution is 7.09. The molecule has 0 aliphatic heterocycles. The molecule has 0 aliphatic rings. The van der Waals surface area contributed by atoms with Gasteiger partial charge in [-0.15, -0.1) is 11.3 Å². The number of pyridine rings is 1. The number of carbonyl (C=O) groups excluding carboxylic acids is 1. The largest absolute Gasteiger partial charge is 0.351 e. The highest BCUT2D eigenvalue weighted by Gasteiger charge is 2.12. The average molecular weight is 313 g/mol. The number of hydrogen-bond acceptors (Lipinski definition) is 4. The maximum atomic E-state index is 12.3. The molecule has 0 fully saturated rings. The molecule has 0 bridgehead atoms. The SMILES string of the molecule is Cc1ccn2c(=O)c(C(=O)NCCc3cccs3)cnc2c1. The summed E-state index contributed by atoms with van der Waals surface area (Å²) >= 11 is 1.65. The van der Waals surface area contributed by atoms with E-state index in [1.807, 2.05) is 30.5 Å². The zero-order valence-corrected chi connectivity index (χ0v) is 12.9. The van der Waals surface area contributed by atoms with Crippen LogP contribution in [0.25, 0.3) is 5.65 Å². The third-order valence-electron chi connectivity index (χ3n) is 3.35. The van der Waals surface area contributed by atoms with Gasteiger partial charge < -0.3 is 5.32 Å². The van der Waals surface area contributed by atoms with Gasteiger partial charge in [-0.05, 0) is 42.5 Å². The predicted molar refractivity (Wildman–Crippen MR) is 86.6 cm³/mol. The van der Waals surface area contributed by atoms with Crippen molar-refractivity contribution in [3.8, 4) is 0 Å². The lowest BCUT2D eigenvalue weighted by molar-refractivity contribution is 0.0952. The molecule has 3 heterocycles. The predicted octanol–water partition coefficient (Wildman–Crippen LogP) is 2.04. The summed E-state index contributed by atoms with van der Waals surface area (Å²) in [6.45, 7) is 2.42. The smallest absolute Gasteiger partial charge is 0.270 e. The van der Waals surface area contributed by atoms with Crippen molar-refractivity contribution in [1.82, 2.24) is 14.7 Å². The lowest BCUT2D eigenvalue weighted by Gasteiger charge is -2.06. The number of rotatable bonds is 4. The molecule has 0 aromatic carbocycles. The zero-order valence-electron chi connectivity index (χ0n) is 12.1. The van der Waals surface area contributed by atoms with Crippen LogP contribution in [-0.2, 0) is 6.42 Å². The van der Waals surface area contributed by atoms with Crippen LogP contribution in [0.4, 0.5) is 0 Å². The second kappa shape index (κ2) is 6.11. The van der Waals surface area contributed by atoms with Crippen molar-refractivity contribution in [3.05, 3.63) is 68.4 Å². The maximum absolute atomic E-state index is 12.3. The molecule has 22 heavy (non-hydrogen) atoms. The van der Waals surface area contributed by atoms with E-state index in [4.69, 9.17) is 0 Å². The summed E-state index contributed by atoms with van der Waals surface area (Å²) in [6.07, 6.45) is 3.74. The maximum Gasteiger partial charge on any atom is 0.270 e. The summed E-state index contributed by atoms with van der Waals surface area (Å²) < 4.78 is 1.39. The van der Waals surface area contributed by atoms with Crippen LogP contribution in [0.3, 0.4) is 0 Å². The van der Waals surface area contributed by atoms with Crippen molar-refractivity contribution in [2.24, 2.45) is 0 Å². The Hall–Kier alpha value is -2.47. The van der Waals surface area contributed by atoms with Gasteiger partial charge in [-0.3, -0.25) is 14.0 Å². The normalized spacial score (nSPS) is 10.8. The second-order valence-corrected chi connectivity index (χ2v) is 6.03. The number of fused-ring (bicyclic) bond motifs is 1. The summed E-state index contributed by atoms with van der Waals surface area (Å²) in [5.41, 5.74) is 1.27. The number of nitrogens with zero attached hydrogens (tertiary/aromatic N) is 2. The molecule has 6 heteroatoms. The molecule has 3 aromatic heterocycles. The van der Waals surface area contributed by atoms with Crippen molar-refractivity contribution >= 4 is 22.9 Å². The minimum atomic E-state index is -0.385. The molecule has 0 atom stereocenters. The minimum Gasteiger partial charge on any atom is -0.351 e. The Balaban J connectivity index is 1.77. The highest BCUT2D eigenvalue weighted by atomic mass is 32.1. The van der Waals surface area contributed by atoms with Crippen LogP contribution in [-0.4, -0.2) is 21.8 Å². The van der Waals surface area contributed by atoms with Crippen LogP contribution >= 0.6 is 11.3 Å². The van der Waals surface area contributed by atoms with Gasteiger partial charge in [-0.2, -0.15) is 0 Å². The van der Waals surface area contributed by atoms with E-state index in [1.54, 1.807) is 23.6 Å². The molecule has 0 radical (unpaired) electrons. The number of aryl methyl sites for hydroxylation is 1. The van der Waals surface area contributed by atoms with Crippen molar-refractivity contribution in [1.29, 1.82) is 0 Å². The molecule has 3 aromatic rings. The first-order valence-electron chi connectivity index (χ1n) is 6.94. The molecule has 0 unspecified atom stereocenters. The molecule has 5 nitrogen and oxygen atoms in total. The molecule has 0 aliphatic carbocycles. The van der Waals surface area contributed by atoms with E-state index in [0.717, 1.165) is 12.0 Å². The first-order chi connectivity index (χ1) is 10.6. The Morgan fingerprint density at radius 2 is 2.27 bits per heavy atom. The minimum absolute atomic E-state index is 0.0625. The Morgan fingerprint density at radius 3 is 3.05 bits per heavy atom. The van der Waals surface area contributed by atoms with Crippen molar-refractivity contribution < 1.29 is 4.79 Å². The average Bonchev–Trinajstić information content (AvgIpc) is 3.00. The van der Waals surface area contributed by atoms with Crippen LogP contribution in [0.5, 0.6) is 0 Å². The Labute approximate surface area is 131 Å². The van der Waals surface area contributed by atoms with Gasteiger partial charge in [-0.1, -0.05) is 6.07 Å². The lowest BCUT2D eigenvalue weighted by Crippen LogP contribution is -2.32. The number of amides is 1. The summed E-state index contributed by atoms with van der Waals surface area (Å²) in [7, 11) is 0. The summed E-state index contributed by atoms with van der Waals surface area (Å²) in [4.78, 5) is 29.9. The number of hydrogen-bond donors (Lipinski definition) is 1. The van der Waals surface area contributed by atoms with E-state index in [1.165, 1.54) is 15.5 Å². The van der Waals surface area contributed by atoms with Crippen LogP contribution in [0.15, 0.2) is 46.8 Å². The van der Waals surface area contributed by atoms with Crippen molar-refractivity contribution in [3.63, 3.8) is 0 Å². The monoisotopic (exact) mass is 313 g/mol. The van der Waals surface area contributed by atoms with Crippen molar-refractivity contribution in [2.75, 3.05) is 6.54 Å². The molecule has 0 saturated carbocycles. The van der Waals surface area contributed by atoms with E-state index in [9.17, 15) is 9.59 Å². The number of carbonyl (C=O) groups is 1. The molecule has 112 valence electrons. The summed E-state index contributed by atoms with van der Waals surface area (Å²) in [6, 6.07) is 7.61. The molecule has 3 rings (SSSR count). The van der Waals surface area contributed by atoms with E-state index in [0.29, 0.717) is 12.2 Å². The standard InChI is InChI=1S/C16H15N3O2S/c1-11-5-7-19-14(9-11)18-10-13(16(19)21)15(20)17-6-4-12-3-2-8-22-12/h2-3,5,7-10H,4,6H2,1H3,(H,17,20). The van der Waals surface area contributed by atoms with Crippen LogP contribution < -0.4 is 10.9 Å². The lowest BCUT2D eigenvalue weighted by atomic mass is 10.2. The summed E-state index contributed by atoms with van der Waals surface area (Å²) in [5.74, 6) is -0.385. The van der Waals surface area contributed by atoms with Gasteiger partial charge in [0, 0.05) is 23.8 Å². The first kappa shape index (κ1) is 14.5. The summed E-state index contributed by atoms with van der Waals surface area (Å²) in [5, 5.41) is 4.77. The van der Waals surface area contributed by atoms with Gasteiger partial charge >= 0.3 is 0 Å². The third kappa shape index (κ3) is 2.92. The van der Waals surface area contributed by atoms with Crippen molar-refractivity contribution in [2.45, 2.75) is 13.3 Å². The quantitative estimate of drug-likeness (QED) is 0.801. The third-order valence-corrected chi connectivity index (χ3v) is 4.28. The molecule has 1 amide bonds. The van der Waals surface area contributed by atoms with Crippen LogP contribution in [0.1, 0.15) is 20.8 Å². The molecule has 1 N–H and O–H groups in total. The Kier molecular flexibility index (Phi) is 4.02. The fourth-order valence-electron chi connectivity index (χ4n) is 2.18. The number of nitrogens with one attached hydrogen (secondary N) is 1. The zero-order chi connectivity index (χ0) is 15.5. The van der Waals surface area contributed by atoms with E-state index < -0.39 is 0 Å². The number of aromatic nitrogens is 2. The van der Waals surface area contributed by atoms with Crippen LogP contribution in [0.2, 0.25) is 0 Å². The van der Waals surface area contributed by atoms with Gasteiger partial charge in [-0.25, -0.2) is 4.98 Å². The molecular weight excluding hydrogens is 298 g/mol. The van der Waals surface area contributed by atoms with Crippen LogP contribution in [0, 0.1) is 6.92 Å². The number of thiophene rings is 1. The van der Waals surface area contributed by atoms with Gasteiger partial charge in [0.05, 0.1) is 0 Å². The van der Waals surface area contributed by atoms with E-state index >= 15 is 0 Å². The molecular formula is C16H15N3O2S. The highest BCUT2D eigenvalue weighted by Crippen LogP contribution is 2.08.